The van der Waals surface area contributed by atoms with E-state index in [1.807, 2.05) is 31.3 Å². The normalized spacial score (nSPS) is 11.8. The van der Waals surface area contributed by atoms with E-state index in [0.717, 1.165) is 23.4 Å². The summed E-state index contributed by atoms with van der Waals surface area (Å²) in [5.74, 6) is 1.24. The molecule has 0 fully saturated rings. The maximum atomic E-state index is 5.99. The van der Waals surface area contributed by atoms with Crippen LogP contribution in [0.4, 0.5) is 11.6 Å². The number of hydrogen-bond acceptors (Lipinski definition) is 4. The highest BCUT2D eigenvalue weighted by atomic mass is 15.2. The van der Waals surface area contributed by atoms with Gasteiger partial charge in [-0.15, -0.1) is 0 Å². The van der Waals surface area contributed by atoms with Gasteiger partial charge in [0.25, 0.3) is 0 Å². The zero-order valence-corrected chi connectivity index (χ0v) is 11.4. The average Bonchev–Trinajstić information content (AvgIpc) is 2.25. The lowest BCUT2D eigenvalue weighted by Gasteiger charge is -2.27. The third-order valence-corrected chi connectivity index (χ3v) is 2.65. The molecule has 4 nitrogen and oxygen atoms in total. The molecule has 0 atom stereocenters. The van der Waals surface area contributed by atoms with Gasteiger partial charge >= 0.3 is 0 Å². The Morgan fingerprint density at radius 3 is 2.22 bits per heavy atom. The first-order valence-corrected chi connectivity index (χ1v) is 6.10. The van der Waals surface area contributed by atoms with E-state index in [2.05, 4.69) is 35.6 Å². The highest BCUT2D eigenvalue weighted by Gasteiger charge is 2.17. The SMILES string of the molecule is CN(CC(C)(C)C)c1nc2ccccc2nc1N. The lowest BCUT2D eigenvalue weighted by molar-refractivity contribution is 0.418. The van der Waals surface area contributed by atoms with E-state index in [1.165, 1.54) is 0 Å². The van der Waals surface area contributed by atoms with Crippen molar-refractivity contribution in [1.82, 2.24) is 9.97 Å². The van der Waals surface area contributed by atoms with E-state index in [0.29, 0.717) is 5.82 Å². The number of rotatable bonds is 2. The van der Waals surface area contributed by atoms with Gasteiger partial charge in [-0.3, -0.25) is 0 Å². The van der Waals surface area contributed by atoms with E-state index in [9.17, 15) is 0 Å². The first kappa shape index (κ1) is 12.6. The summed E-state index contributed by atoms with van der Waals surface area (Å²) >= 11 is 0. The van der Waals surface area contributed by atoms with Gasteiger partial charge in [0.15, 0.2) is 11.6 Å². The monoisotopic (exact) mass is 244 g/mol. The number of hydrogen-bond donors (Lipinski definition) is 1. The quantitative estimate of drug-likeness (QED) is 0.882. The third kappa shape index (κ3) is 2.70. The van der Waals surface area contributed by atoms with Crippen LogP contribution in [-0.4, -0.2) is 23.6 Å². The van der Waals surface area contributed by atoms with Crippen LogP contribution in [0.5, 0.6) is 0 Å². The molecule has 0 radical (unpaired) electrons. The Labute approximate surface area is 108 Å². The topological polar surface area (TPSA) is 55.0 Å². The Bertz CT molecular complexity index is 557. The van der Waals surface area contributed by atoms with Crippen LogP contribution >= 0.6 is 0 Å². The van der Waals surface area contributed by atoms with Crippen molar-refractivity contribution in [3.63, 3.8) is 0 Å². The summed E-state index contributed by atoms with van der Waals surface area (Å²) in [4.78, 5) is 11.1. The number of nitrogens with two attached hydrogens (primary N) is 1. The minimum Gasteiger partial charge on any atom is -0.381 e. The minimum absolute atomic E-state index is 0.189. The van der Waals surface area contributed by atoms with Gasteiger partial charge in [0.2, 0.25) is 0 Å². The van der Waals surface area contributed by atoms with Crippen LogP contribution in [0.15, 0.2) is 24.3 Å². The number of nitrogen functional groups attached to an aromatic ring is 1. The Morgan fingerprint density at radius 1 is 1.11 bits per heavy atom. The molecular formula is C14H20N4. The van der Waals surface area contributed by atoms with Gasteiger partial charge in [0.1, 0.15) is 0 Å². The van der Waals surface area contributed by atoms with Crippen molar-refractivity contribution in [3.8, 4) is 0 Å². The summed E-state index contributed by atoms with van der Waals surface area (Å²) in [6, 6.07) is 7.78. The molecule has 1 heterocycles. The highest BCUT2D eigenvalue weighted by Crippen LogP contribution is 2.24. The van der Waals surface area contributed by atoms with Gasteiger partial charge in [-0.2, -0.15) is 0 Å². The first-order chi connectivity index (χ1) is 8.37. The first-order valence-electron chi connectivity index (χ1n) is 6.10. The average molecular weight is 244 g/mol. The van der Waals surface area contributed by atoms with Crippen molar-refractivity contribution in [1.29, 1.82) is 0 Å². The summed E-state index contributed by atoms with van der Waals surface area (Å²) in [5.41, 5.74) is 7.89. The van der Waals surface area contributed by atoms with Crippen molar-refractivity contribution in [2.45, 2.75) is 20.8 Å². The van der Waals surface area contributed by atoms with E-state index in [-0.39, 0.29) is 5.41 Å². The number of anilines is 2. The maximum absolute atomic E-state index is 5.99. The molecule has 0 saturated heterocycles. The standard InChI is InChI=1S/C14H20N4/c1-14(2,3)9-18(4)13-12(15)16-10-7-5-6-8-11(10)17-13/h5-8H,9H2,1-4H3,(H2,15,16). The predicted molar refractivity (Wildman–Crippen MR) is 76.7 cm³/mol. The molecule has 0 amide bonds. The molecule has 0 aliphatic rings. The van der Waals surface area contributed by atoms with E-state index >= 15 is 0 Å². The molecule has 2 aromatic rings. The van der Waals surface area contributed by atoms with E-state index in [1.54, 1.807) is 0 Å². The number of aromatic nitrogens is 2. The van der Waals surface area contributed by atoms with Gasteiger partial charge in [-0.05, 0) is 17.5 Å². The van der Waals surface area contributed by atoms with Crippen molar-refractivity contribution in [3.05, 3.63) is 24.3 Å². The molecular weight excluding hydrogens is 224 g/mol. The fourth-order valence-corrected chi connectivity index (χ4v) is 2.07. The van der Waals surface area contributed by atoms with Gasteiger partial charge in [0.05, 0.1) is 11.0 Å². The van der Waals surface area contributed by atoms with E-state index in [4.69, 9.17) is 5.73 Å². The number of benzene rings is 1. The predicted octanol–water partition coefficient (Wildman–Crippen LogP) is 2.69. The number of para-hydroxylation sites is 2. The van der Waals surface area contributed by atoms with Crippen molar-refractivity contribution < 1.29 is 0 Å². The van der Waals surface area contributed by atoms with E-state index < -0.39 is 0 Å². The van der Waals surface area contributed by atoms with Crippen molar-refractivity contribution >= 4 is 22.7 Å². The van der Waals surface area contributed by atoms with Crippen LogP contribution in [0, 0.1) is 5.41 Å². The summed E-state index contributed by atoms with van der Waals surface area (Å²) in [7, 11) is 2.00. The maximum Gasteiger partial charge on any atom is 0.171 e. The fraction of sp³-hybridized carbons (Fsp3) is 0.429. The van der Waals surface area contributed by atoms with Gasteiger partial charge in [-0.25, -0.2) is 9.97 Å². The molecule has 0 aliphatic heterocycles. The molecule has 4 heteroatoms. The zero-order valence-electron chi connectivity index (χ0n) is 11.4. The second-order valence-corrected chi connectivity index (χ2v) is 5.84. The fourth-order valence-electron chi connectivity index (χ4n) is 2.07. The van der Waals surface area contributed by atoms with Crippen LogP contribution in [0.25, 0.3) is 11.0 Å². The minimum atomic E-state index is 0.189. The molecule has 18 heavy (non-hydrogen) atoms. The Balaban J connectivity index is 2.41. The summed E-state index contributed by atoms with van der Waals surface area (Å²) in [5, 5.41) is 0. The molecule has 2 N–H and O–H groups in total. The molecule has 2 rings (SSSR count). The lowest BCUT2D eigenvalue weighted by atomic mass is 9.96. The van der Waals surface area contributed by atoms with Crippen LogP contribution in [0.1, 0.15) is 20.8 Å². The third-order valence-electron chi connectivity index (χ3n) is 2.65. The molecule has 1 aromatic heterocycles. The summed E-state index contributed by atoms with van der Waals surface area (Å²) in [6.07, 6.45) is 0. The van der Waals surface area contributed by atoms with Crippen LogP contribution in [0.2, 0.25) is 0 Å². The molecule has 0 aliphatic carbocycles. The molecule has 0 unspecified atom stereocenters. The molecule has 0 bridgehead atoms. The highest BCUT2D eigenvalue weighted by molar-refractivity contribution is 5.79. The molecule has 0 spiro atoms. The number of fused-ring (bicyclic) bond motifs is 1. The van der Waals surface area contributed by atoms with Gasteiger partial charge in [-0.1, -0.05) is 32.9 Å². The lowest BCUT2D eigenvalue weighted by Crippen LogP contribution is -2.30. The van der Waals surface area contributed by atoms with Crippen LogP contribution in [-0.2, 0) is 0 Å². The van der Waals surface area contributed by atoms with Crippen LogP contribution < -0.4 is 10.6 Å². The Hall–Kier alpha value is -1.84. The zero-order chi connectivity index (χ0) is 13.3. The van der Waals surface area contributed by atoms with Gasteiger partial charge in [0, 0.05) is 13.6 Å². The Morgan fingerprint density at radius 2 is 1.67 bits per heavy atom. The molecule has 0 saturated carbocycles. The molecule has 96 valence electrons. The second-order valence-electron chi connectivity index (χ2n) is 5.84. The summed E-state index contributed by atoms with van der Waals surface area (Å²) < 4.78 is 0. The van der Waals surface area contributed by atoms with Crippen LogP contribution in [0.3, 0.4) is 0 Å². The molecule has 1 aromatic carbocycles. The van der Waals surface area contributed by atoms with Gasteiger partial charge < -0.3 is 10.6 Å². The van der Waals surface area contributed by atoms with Crippen molar-refractivity contribution in [2.75, 3.05) is 24.2 Å². The number of nitrogens with zero attached hydrogens (tertiary/aromatic N) is 3. The van der Waals surface area contributed by atoms with Crippen molar-refractivity contribution in [2.24, 2.45) is 5.41 Å². The second kappa shape index (κ2) is 4.44. The smallest absolute Gasteiger partial charge is 0.171 e. The summed E-state index contributed by atoms with van der Waals surface area (Å²) in [6.45, 7) is 7.45. The largest absolute Gasteiger partial charge is 0.381 e. The Kier molecular flexibility index (Phi) is 3.11.